The van der Waals surface area contributed by atoms with Crippen molar-refractivity contribution in [2.75, 3.05) is 0 Å². The highest BCUT2D eigenvalue weighted by molar-refractivity contribution is 5.96. The van der Waals surface area contributed by atoms with Gasteiger partial charge in [0.15, 0.2) is 6.10 Å². The molecule has 0 heterocycles. The van der Waals surface area contributed by atoms with Crippen molar-refractivity contribution in [3.05, 3.63) is 35.6 Å². The minimum atomic E-state index is -1.12. The van der Waals surface area contributed by atoms with Gasteiger partial charge < -0.3 is 10.5 Å². The number of hydrogen-bond donors (Lipinski definition) is 2. The third-order valence-corrected chi connectivity index (χ3v) is 2.63. The zero-order valence-electron chi connectivity index (χ0n) is 11.8. The van der Waals surface area contributed by atoms with Gasteiger partial charge in [-0.1, -0.05) is 26.0 Å². The topological polar surface area (TPSA) is 98.5 Å². The summed E-state index contributed by atoms with van der Waals surface area (Å²) >= 11 is 0. The third-order valence-electron chi connectivity index (χ3n) is 2.63. The summed E-state index contributed by atoms with van der Waals surface area (Å²) in [5.41, 5.74) is 5.41. The van der Waals surface area contributed by atoms with Crippen LogP contribution in [0, 0.1) is 11.7 Å². The molecule has 7 heteroatoms. The molecule has 1 unspecified atom stereocenters. The van der Waals surface area contributed by atoms with Crippen molar-refractivity contribution < 1.29 is 23.5 Å². The molecule has 0 aliphatic rings. The third kappa shape index (κ3) is 5.60. The molecule has 0 fully saturated rings. The lowest BCUT2D eigenvalue weighted by Crippen LogP contribution is -2.45. The Balaban J connectivity index is 2.66. The summed E-state index contributed by atoms with van der Waals surface area (Å²) in [5.74, 6) is -2.17. The van der Waals surface area contributed by atoms with Gasteiger partial charge in [-0.2, -0.15) is 0 Å². The lowest BCUT2D eigenvalue weighted by Gasteiger charge is -2.19. The molecular formula is C14H17FN2O4. The molecule has 21 heavy (non-hydrogen) atoms. The zero-order chi connectivity index (χ0) is 16.0. The van der Waals surface area contributed by atoms with Crippen molar-refractivity contribution in [2.24, 2.45) is 11.7 Å². The van der Waals surface area contributed by atoms with E-state index in [1.807, 2.05) is 5.32 Å². The first-order chi connectivity index (χ1) is 9.79. The molecule has 0 radical (unpaired) electrons. The van der Waals surface area contributed by atoms with Crippen molar-refractivity contribution in [3.8, 4) is 0 Å². The number of nitrogens with two attached hydrogens (primary N) is 1. The predicted molar refractivity (Wildman–Crippen MR) is 72.5 cm³/mol. The highest BCUT2D eigenvalue weighted by atomic mass is 19.1. The van der Waals surface area contributed by atoms with Crippen LogP contribution in [0.15, 0.2) is 24.3 Å². The quantitative estimate of drug-likeness (QED) is 0.796. The lowest BCUT2D eigenvalue weighted by atomic mass is 10.1. The summed E-state index contributed by atoms with van der Waals surface area (Å²) in [4.78, 5) is 34.1. The number of amides is 3. The van der Waals surface area contributed by atoms with E-state index < -0.39 is 29.8 Å². The lowest BCUT2D eigenvalue weighted by molar-refractivity contribution is -0.157. The van der Waals surface area contributed by atoms with Crippen LogP contribution in [0.25, 0.3) is 0 Å². The van der Waals surface area contributed by atoms with Crippen LogP contribution in [0.2, 0.25) is 0 Å². The summed E-state index contributed by atoms with van der Waals surface area (Å²) in [6.07, 6.45) is -1.22. The highest BCUT2D eigenvalue weighted by Crippen LogP contribution is 2.10. The van der Waals surface area contributed by atoms with Crippen LogP contribution in [0.5, 0.6) is 0 Å². The molecule has 3 N–H and O–H groups in total. The fraction of sp³-hybridized carbons (Fsp3) is 0.357. The van der Waals surface area contributed by atoms with E-state index in [9.17, 15) is 18.8 Å². The molecule has 0 saturated heterocycles. The molecule has 0 aliphatic heterocycles. The molecule has 1 rings (SSSR count). The fourth-order valence-electron chi connectivity index (χ4n) is 1.64. The van der Waals surface area contributed by atoms with Gasteiger partial charge in [0.1, 0.15) is 5.82 Å². The van der Waals surface area contributed by atoms with E-state index in [1.54, 1.807) is 13.8 Å². The van der Waals surface area contributed by atoms with Gasteiger partial charge in [0.05, 0.1) is 6.42 Å². The van der Waals surface area contributed by atoms with Crippen LogP contribution in [0.4, 0.5) is 9.18 Å². The van der Waals surface area contributed by atoms with Gasteiger partial charge in [0.25, 0.3) is 5.91 Å². The van der Waals surface area contributed by atoms with Gasteiger partial charge in [-0.15, -0.1) is 0 Å². The molecule has 3 amide bonds. The zero-order valence-corrected chi connectivity index (χ0v) is 11.8. The molecule has 114 valence electrons. The molecule has 1 aromatic rings. The van der Waals surface area contributed by atoms with Crippen molar-refractivity contribution in [3.63, 3.8) is 0 Å². The Bertz CT molecular complexity index is 528. The van der Waals surface area contributed by atoms with Gasteiger partial charge in [-0.05, 0) is 23.6 Å². The molecule has 0 aromatic heterocycles. The second-order valence-corrected chi connectivity index (χ2v) is 4.81. The SMILES string of the molecule is CC(C)C(OC(=O)Cc1ccc(F)cc1)C(=O)NC(N)=O. The average molecular weight is 296 g/mol. The molecule has 6 nitrogen and oxygen atoms in total. The number of imide groups is 1. The summed E-state index contributed by atoms with van der Waals surface area (Å²) in [6.45, 7) is 3.33. The highest BCUT2D eigenvalue weighted by Gasteiger charge is 2.27. The van der Waals surface area contributed by atoms with Crippen molar-refractivity contribution in [2.45, 2.75) is 26.4 Å². The predicted octanol–water partition coefficient (Wildman–Crippen LogP) is 1.13. The standard InChI is InChI=1S/C14H17FN2O4/c1-8(2)12(13(19)17-14(16)20)21-11(18)7-9-3-5-10(15)6-4-9/h3-6,8,12H,7H2,1-2H3,(H3,16,17,19,20). The Morgan fingerprint density at radius 1 is 1.24 bits per heavy atom. The number of nitrogens with one attached hydrogen (secondary N) is 1. The average Bonchev–Trinajstić information content (AvgIpc) is 2.37. The second kappa shape index (κ2) is 7.37. The number of benzene rings is 1. The largest absolute Gasteiger partial charge is 0.452 e. The first kappa shape index (κ1) is 16.6. The number of halogens is 1. The van der Waals surface area contributed by atoms with Gasteiger partial charge >= 0.3 is 12.0 Å². The summed E-state index contributed by atoms with van der Waals surface area (Å²) < 4.78 is 17.8. The molecular weight excluding hydrogens is 279 g/mol. The van der Waals surface area contributed by atoms with Crippen molar-refractivity contribution in [1.29, 1.82) is 0 Å². The van der Waals surface area contributed by atoms with E-state index in [0.717, 1.165) is 0 Å². The van der Waals surface area contributed by atoms with E-state index in [1.165, 1.54) is 24.3 Å². The van der Waals surface area contributed by atoms with E-state index in [-0.39, 0.29) is 12.3 Å². The maximum absolute atomic E-state index is 12.8. The number of urea groups is 1. The van der Waals surface area contributed by atoms with Gasteiger partial charge in [-0.3, -0.25) is 14.9 Å². The molecule has 0 saturated carbocycles. The maximum atomic E-state index is 12.8. The number of carbonyl (C=O) groups excluding carboxylic acids is 3. The van der Waals surface area contributed by atoms with E-state index in [4.69, 9.17) is 10.5 Å². The number of esters is 1. The van der Waals surface area contributed by atoms with Gasteiger partial charge in [0.2, 0.25) is 0 Å². The van der Waals surface area contributed by atoms with Crippen molar-refractivity contribution >= 4 is 17.9 Å². The van der Waals surface area contributed by atoms with Crippen LogP contribution < -0.4 is 11.1 Å². The Labute approximate surface area is 121 Å². The monoisotopic (exact) mass is 296 g/mol. The smallest absolute Gasteiger partial charge is 0.318 e. The second-order valence-electron chi connectivity index (χ2n) is 4.81. The Kier molecular flexibility index (Phi) is 5.83. The molecule has 0 bridgehead atoms. The van der Waals surface area contributed by atoms with Crippen LogP contribution >= 0.6 is 0 Å². The summed E-state index contributed by atoms with van der Waals surface area (Å²) in [6, 6.07) is 4.33. The van der Waals surface area contributed by atoms with E-state index >= 15 is 0 Å². The van der Waals surface area contributed by atoms with Crippen LogP contribution in [-0.2, 0) is 20.7 Å². The number of ether oxygens (including phenoxy) is 1. The van der Waals surface area contributed by atoms with Gasteiger partial charge in [-0.25, -0.2) is 9.18 Å². The Hall–Kier alpha value is -2.44. The maximum Gasteiger partial charge on any atom is 0.318 e. The number of rotatable bonds is 5. The Morgan fingerprint density at radius 2 is 1.81 bits per heavy atom. The van der Waals surface area contributed by atoms with E-state index in [2.05, 4.69) is 0 Å². The molecule has 1 atom stereocenters. The van der Waals surface area contributed by atoms with Gasteiger partial charge in [0, 0.05) is 0 Å². The fourth-order valence-corrected chi connectivity index (χ4v) is 1.64. The van der Waals surface area contributed by atoms with Crippen LogP contribution in [-0.4, -0.2) is 24.0 Å². The molecule has 0 spiro atoms. The number of carbonyl (C=O) groups is 3. The van der Waals surface area contributed by atoms with Crippen molar-refractivity contribution in [1.82, 2.24) is 5.32 Å². The summed E-state index contributed by atoms with van der Waals surface area (Å²) in [7, 11) is 0. The minimum Gasteiger partial charge on any atom is -0.452 e. The first-order valence-electron chi connectivity index (χ1n) is 6.34. The number of hydrogen-bond acceptors (Lipinski definition) is 4. The first-order valence-corrected chi connectivity index (χ1v) is 6.34. The molecule has 1 aromatic carbocycles. The Morgan fingerprint density at radius 3 is 2.29 bits per heavy atom. The van der Waals surface area contributed by atoms with E-state index in [0.29, 0.717) is 5.56 Å². The normalized spacial score (nSPS) is 11.8. The molecule has 0 aliphatic carbocycles. The minimum absolute atomic E-state index is 0.104. The number of primary amides is 1. The summed E-state index contributed by atoms with van der Waals surface area (Å²) in [5, 5.41) is 1.87. The van der Waals surface area contributed by atoms with Crippen LogP contribution in [0.3, 0.4) is 0 Å². The van der Waals surface area contributed by atoms with Crippen LogP contribution in [0.1, 0.15) is 19.4 Å².